The number of rotatable bonds is 5. The largest absolute Gasteiger partial charge is 0.507 e. The van der Waals surface area contributed by atoms with E-state index in [1.54, 1.807) is 36.4 Å². The van der Waals surface area contributed by atoms with E-state index in [0.717, 1.165) is 0 Å². The summed E-state index contributed by atoms with van der Waals surface area (Å²) >= 11 is 0. The highest BCUT2D eigenvalue weighted by Gasteiger charge is 2.03. The van der Waals surface area contributed by atoms with E-state index in [1.807, 2.05) is 13.0 Å². The van der Waals surface area contributed by atoms with Gasteiger partial charge in [0.2, 0.25) is 0 Å². The molecule has 0 bridgehead atoms. The average molecular weight is 284 g/mol. The molecule has 2 aromatic rings. The number of nitrogens with zero attached hydrogens (tertiary/aromatic N) is 1. The predicted octanol–water partition coefficient (Wildman–Crippen LogP) is 2.55. The molecule has 0 atom stereocenters. The van der Waals surface area contributed by atoms with Gasteiger partial charge in [-0.2, -0.15) is 5.10 Å². The number of amides is 1. The zero-order chi connectivity index (χ0) is 15.1. The van der Waals surface area contributed by atoms with Crippen molar-refractivity contribution in [1.82, 2.24) is 5.43 Å². The number of hydrogen-bond acceptors (Lipinski definition) is 4. The molecular weight excluding hydrogens is 268 g/mol. The summed E-state index contributed by atoms with van der Waals surface area (Å²) in [6.07, 6.45) is 1.38. The van der Waals surface area contributed by atoms with E-state index < -0.39 is 0 Å². The third-order valence-electron chi connectivity index (χ3n) is 2.72. The number of carbonyl (C=O) groups is 1. The minimum absolute atomic E-state index is 0.0404. The van der Waals surface area contributed by atoms with Crippen molar-refractivity contribution in [3.05, 3.63) is 59.7 Å². The van der Waals surface area contributed by atoms with E-state index in [0.29, 0.717) is 23.5 Å². The van der Waals surface area contributed by atoms with Crippen LogP contribution in [-0.2, 0) is 0 Å². The highest BCUT2D eigenvalue weighted by atomic mass is 16.5. The maximum Gasteiger partial charge on any atom is 0.271 e. The lowest BCUT2D eigenvalue weighted by Gasteiger charge is -2.05. The monoisotopic (exact) mass is 284 g/mol. The zero-order valence-electron chi connectivity index (χ0n) is 11.6. The molecule has 0 aliphatic carbocycles. The Morgan fingerprint density at radius 2 is 2.05 bits per heavy atom. The highest BCUT2D eigenvalue weighted by Crippen LogP contribution is 2.22. The Kier molecular flexibility index (Phi) is 4.93. The van der Waals surface area contributed by atoms with Crippen molar-refractivity contribution in [3.63, 3.8) is 0 Å². The summed E-state index contributed by atoms with van der Waals surface area (Å²) in [6.45, 7) is 2.39. The van der Waals surface area contributed by atoms with Crippen LogP contribution in [0.25, 0.3) is 0 Å². The fourth-order valence-electron chi connectivity index (χ4n) is 1.70. The number of phenols is 1. The van der Waals surface area contributed by atoms with Gasteiger partial charge in [-0.3, -0.25) is 4.79 Å². The van der Waals surface area contributed by atoms with Gasteiger partial charge in [0, 0.05) is 17.2 Å². The standard InChI is InChI=1S/C16H16N2O3/c1-2-21-14-9-8-13(15(19)10-14)11-17-18-16(20)12-6-4-3-5-7-12/h3-11,19H,2H2,1H3,(H,18,20)/b17-11+. The van der Waals surface area contributed by atoms with E-state index in [2.05, 4.69) is 10.5 Å². The Balaban J connectivity index is 2.00. The van der Waals surface area contributed by atoms with E-state index >= 15 is 0 Å². The van der Waals surface area contributed by atoms with Crippen molar-refractivity contribution in [3.8, 4) is 11.5 Å². The van der Waals surface area contributed by atoms with Gasteiger partial charge < -0.3 is 9.84 Å². The van der Waals surface area contributed by atoms with E-state index in [1.165, 1.54) is 12.3 Å². The molecule has 21 heavy (non-hydrogen) atoms. The molecule has 0 spiro atoms. The second-order valence-corrected chi connectivity index (χ2v) is 4.22. The van der Waals surface area contributed by atoms with Crippen LogP contribution in [0.15, 0.2) is 53.6 Å². The van der Waals surface area contributed by atoms with Gasteiger partial charge in [0.15, 0.2) is 0 Å². The normalized spacial score (nSPS) is 10.5. The van der Waals surface area contributed by atoms with E-state index in [4.69, 9.17) is 4.74 Å². The third-order valence-corrected chi connectivity index (χ3v) is 2.72. The predicted molar refractivity (Wildman–Crippen MR) is 80.8 cm³/mol. The number of phenolic OH excluding ortho intramolecular Hbond substituents is 1. The second-order valence-electron chi connectivity index (χ2n) is 4.22. The van der Waals surface area contributed by atoms with Crippen molar-refractivity contribution in [2.75, 3.05) is 6.61 Å². The number of nitrogens with one attached hydrogen (secondary N) is 1. The van der Waals surface area contributed by atoms with Crippen molar-refractivity contribution in [1.29, 1.82) is 0 Å². The van der Waals surface area contributed by atoms with Gasteiger partial charge >= 0.3 is 0 Å². The Labute approximate surface area is 122 Å². The van der Waals surface area contributed by atoms with Gasteiger partial charge in [-0.25, -0.2) is 5.43 Å². The van der Waals surface area contributed by atoms with E-state index in [9.17, 15) is 9.90 Å². The Morgan fingerprint density at radius 3 is 2.71 bits per heavy atom. The molecule has 5 nitrogen and oxygen atoms in total. The molecule has 0 radical (unpaired) electrons. The summed E-state index contributed by atoms with van der Waals surface area (Å²) < 4.78 is 5.27. The SMILES string of the molecule is CCOc1ccc(/C=N/NC(=O)c2ccccc2)c(O)c1. The number of benzene rings is 2. The number of ether oxygens (including phenoxy) is 1. The lowest BCUT2D eigenvalue weighted by atomic mass is 10.2. The Hall–Kier alpha value is -2.82. The van der Waals surface area contributed by atoms with Crippen molar-refractivity contribution in [2.24, 2.45) is 5.10 Å². The number of hydrogen-bond donors (Lipinski definition) is 2. The van der Waals surface area contributed by atoms with Crippen LogP contribution in [0.3, 0.4) is 0 Å². The maximum atomic E-state index is 11.8. The van der Waals surface area contributed by atoms with Crippen LogP contribution in [0, 0.1) is 0 Å². The van der Waals surface area contributed by atoms with Crippen LogP contribution in [0.4, 0.5) is 0 Å². The minimum Gasteiger partial charge on any atom is -0.507 e. The molecule has 1 amide bonds. The fraction of sp³-hybridized carbons (Fsp3) is 0.125. The molecular formula is C16H16N2O3. The summed E-state index contributed by atoms with van der Waals surface area (Å²) in [5, 5.41) is 13.6. The van der Waals surface area contributed by atoms with Gasteiger partial charge in [0.25, 0.3) is 5.91 Å². The summed E-state index contributed by atoms with van der Waals surface area (Å²) in [5.74, 6) is 0.316. The smallest absolute Gasteiger partial charge is 0.271 e. The maximum absolute atomic E-state index is 11.8. The number of carbonyl (C=O) groups excluding carboxylic acids is 1. The zero-order valence-corrected chi connectivity index (χ0v) is 11.6. The van der Waals surface area contributed by atoms with E-state index in [-0.39, 0.29) is 11.7 Å². The molecule has 0 saturated heterocycles. The molecule has 0 fully saturated rings. The fourth-order valence-corrected chi connectivity index (χ4v) is 1.70. The second kappa shape index (κ2) is 7.09. The molecule has 0 aliphatic rings. The minimum atomic E-state index is -0.308. The Morgan fingerprint density at radius 1 is 1.29 bits per heavy atom. The third kappa shape index (κ3) is 4.07. The molecule has 2 aromatic carbocycles. The van der Waals surface area contributed by atoms with Gasteiger partial charge in [0.05, 0.1) is 12.8 Å². The first kappa shape index (κ1) is 14.6. The number of aromatic hydroxyl groups is 1. The average Bonchev–Trinajstić information content (AvgIpc) is 2.50. The van der Waals surface area contributed by atoms with Crippen LogP contribution < -0.4 is 10.2 Å². The van der Waals surface area contributed by atoms with Crippen LogP contribution >= 0.6 is 0 Å². The quantitative estimate of drug-likeness (QED) is 0.654. The molecule has 0 aliphatic heterocycles. The summed E-state index contributed by atoms with van der Waals surface area (Å²) in [5.41, 5.74) is 3.41. The lowest BCUT2D eigenvalue weighted by molar-refractivity contribution is 0.0955. The van der Waals surface area contributed by atoms with Crippen LogP contribution in [0.5, 0.6) is 11.5 Å². The summed E-state index contributed by atoms with van der Waals surface area (Å²) in [4.78, 5) is 11.8. The molecule has 0 aromatic heterocycles. The van der Waals surface area contributed by atoms with Crippen LogP contribution in [-0.4, -0.2) is 23.8 Å². The summed E-state index contributed by atoms with van der Waals surface area (Å²) in [6, 6.07) is 13.7. The molecule has 2 N–H and O–H groups in total. The first-order valence-corrected chi connectivity index (χ1v) is 6.55. The van der Waals surface area contributed by atoms with Crippen molar-refractivity contribution in [2.45, 2.75) is 6.92 Å². The van der Waals surface area contributed by atoms with Gasteiger partial charge in [-0.05, 0) is 31.2 Å². The van der Waals surface area contributed by atoms with Gasteiger partial charge in [0.1, 0.15) is 11.5 Å². The molecule has 2 rings (SSSR count). The highest BCUT2D eigenvalue weighted by molar-refractivity contribution is 5.95. The molecule has 0 saturated carbocycles. The lowest BCUT2D eigenvalue weighted by Crippen LogP contribution is -2.17. The summed E-state index contributed by atoms with van der Waals surface area (Å²) in [7, 11) is 0. The van der Waals surface area contributed by atoms with Gasteiger partial charge in [-0.15, -0.1) is 0 Å². The number of hydrazone groups is 1. The molecule has 0 unspecified atom stereocenters. The Bertz CT molecular complexity index is 639. The van der Waals surface area contributed by atoms with Crippen molar-refractivity contribution >= 4 is 12.1 Å². The first-order chi connectivity index (χ1) is 10.2. The van der Waals surface area contributed by atoms with Crippen molar-refractivity contribution < 1.29 is 14.6 Å². The molecule has 108 valence electrons. The molecule has 0 heterocycles. The topological polar surface area (TPSA) is 70.9 Å². The first-order valence-electron chi connectivity index (χ1n) is 6.55. The van der Waals surface area contributed by atoms with Gasteiger partial charge in [-0.1, -0.05) is 18.2 Å². The van der Waals surface area contributed by atoms with Crippen LogP contribution in [0.1, 0.15) is 22.8 Å². The molecule has 5 heteroatoms. The van der Waals surface area contributed by atoms with Crippen LogP contribution in [0.2, 0.25) is 0 Å².